The van der Waals surface area contributed by atoms with E-state index in [1.54, 1.807) is 12.5 Å². The van der Waals surface area contributed by atoms with E-state index in [1.165, 1.54) is 47.2 Å². The highest BCUT2D eigenvalue weighted by molar-refractivity contribution is 8.03. The molecule has 2 aliphatic carbocycles. The molecule has 8 heteroatoms. The molecule has 2 unspecified atom stereocenters. The van der Waals surface area contributed by atoms with Crippen LogP contribution in [0.3, 0.4) is 0 Å². The number of hydrogen-bond acceptors (Lipinski definition) is 5. The largest absolute Gasteiger partial charge is 0.477 e. The highest BCUT2D eigenvalue weighted by Crippen LogP contribution is 2.55. The maximum atomic E-state index is 12.5. The number of carbonyl (C=O) groups excluding carboxylic acids is 1. The van der Waals surface area contributed by atoms with Gasteiger partial charge < -0.3 is 9.84 Å². The molecule has 136 valence electrons. The Hall–Kier alpha value is -2.06. The number of ether oxygens (including phenoxy) is 1. The number of aromatic nitrogens is 2. The normalized spacial score (nSPS) is 29.8. The van der Waals surface area contributed by atoms with Crippen molar-refractivity contribution in [3.63, 3.8) is 0 Å². The second-order valence-electron chi connectivity index (χ2n) is 7.18. The smallest absolute Gasteiger partial charge is 0.353 e. The molecule has 1 aromatic rings. The third kappa shape index (κ3) is 2.08. The van der Waals surface area contributed by atoms with Crippen LogP contribution in [0.25, 0.3) is 6.08 Å². The molecule has 0 spiro atoms. The summed E-state index contributed by atoms with van der Waals surface area (Å²) in [5.74, 6) is -0.180. The van der Waals surface area contributed by atoms with Crippen LogP contribution in [0.4, 0.5) is 0 Å². The van der Waals surface area contributed by atoms with Gasteiger partial charge in [0.2, 0.25) is 0 Å². The summed E-state index contributed by atoms with van der Waals surface area (Å²) < 4.78 is 7.27. The molecule has 26 heavy (non-hydrogen) atoms. The van der Waals surface area contributed by atoms with Crippen molar-refractivity contribution in [1.82, 2.24) is 14.7 Å². The molecule has 1 saturated carbocycles. The average Bonchev–Trinajstić information content (AvgIpc) is 3.37. The number of methoxy groups -OCH3 is 1. The topological polar surface area (TPSA) is 84.7 Å². The maximum absolute atomic E-state index is 12.5. The summed E-state index contributed by atoms with van der Waals surface area (Å²) in [6.07, 6.45) is 5.47. The van der Waals surface area contributed by atoms with Crippen LogP contribution in [0.5, 0.6) is 0 Å². The van der Waals surface area contributed by atoms with Crippen LogP contribution < -0.4 is 0 Å². The van der Waals surface area contributed by atoms with Gasteiger partial charge in [-0.3, -0.25) is 14.4 Å². The fourth-order valence-corrected chi connectivity index (χ4v) is 5.84. The zero-order chi connectivity index (χ0) is 18.0. The van der Waals surface area contributed by atoms with E-state index in [9.17, 15) is 14.7 Å². The first-order valence-electron chi connectivity index (χ1n) is 8.83. The van der Waals surface area contributed by atoms with Gasteiger partial charge in [-0.25, -0.2) is 4.79 Å². The summed E-state index contributed by atoms with van der Waals surface area (Å²) in [5.41, 5.74) is 4.21. The van der Waals surface area contributed by atoms with Crippen molar-refractivity contribution in [1.29, 1.82) is 0 Å². The number of nitrogens with zero attached hydrogens (tertiary/aromatic N) is 3. The molecule has 3 atom stereocenters. The van der Waals surface area contributed by atoms with Crippen molar-refractivity contribution in [3.8, 4) is 0 Å². The van der Waals surface area contributed by atoms with Crippen molar-refractivity contribution in [2.45, 2.75) is 43.0 Å². The van der Waals surface area contributed by atoms with E-state index in [0.717, 1.165) is 5.69 Å². The van der Waals surface area contributed by atoms with Crippen molar-refractivity contribution in [3.05, 3.63) is 33.6 Å². The molecule has 2 bridgehead atoms. The first kappa shape index (κ1) is 16.1. The summed E-state index contributed by atoms with van der Waals surface area (Å²) in [7, 11) is 1.69. The Kier molecular flexibility index (Phi) is 3.55. The molecule has 2 fully saturated rings. The minimum Gasteiger partial charge on any atom is -0.477 e. The fourth-order valence-electron chi connectivity index (χ4n) is 4.72. The zero-order valence-electron chi connectivity index (χ0n) is 14.3. The summed E-state index contributed by atoms with van der Waals surface area (Å²) in [5, 5.41) is 15.3. The van der Waals surface area contributed by atoms with Crippen LogP contribution >= 0.6 is 11.8 Å². The molecule has 1 saturated heterocycles. The molecule has 7 nitrogen and oxygen atoms in total. The van der Waals surface area contributed by atoms with Gasteiger partial charge in [0.1, 0.15) is 11.1 Å². The number of β-lactam (4-membered cyclic amide) rings is 1. The lowest BCUT2D eigenvalue weighted by Gasteiger charge is -2.37. The van der Waals surface area contributed by atoms with Crippen molar-refractivity contribution in [2.75, 3.05) is 13.7 Å². The Bertz CT molecular complexity index is 887. The van der Waals surface area contributed by atoms with E-state index in [0.29, 0.717) is 30.6 Å². The molecule has 1 amide bonds. The summed E-state index contributed by atoms with van der Waals surface area (Å²) in [4.78, 5) is 25.1. The average molecular weight is 373 g/mol. The number of rotatable bonds is 5. The lowest BCUT2D eigenvalue weighted by Crippen LogP contribution is -2.51. The third-order valence-corrected chi connectivity index (χ3v) is 6.92. The number of carbonyl (C=O) groups is 2. The predicted molar refractivity (Wildman–Crippen MR) is 95.4 cm³/mol. The number of hydrogen-bond donors (Lipinski definition) is 1. The maximum Gasteiger partial charge on any atom is 0.353 e. The Morgan fingerprint density at radius 3 is 3.04 bits per heavy atom. The van der Waals surface area contributed by atoms with Crippen molar-refractivity contribution < 1.29 is 19.4 Å². The van der Waals surface area contributed by atoms with E-state index in [4.69, 9.17) is 9.84 Å². The van der Waals surface area contributed by atoms with Gasteiger partial charge in [-0.2, -0.15) is 5.10 Å². The number of amides is 1. The van der Waals surface area contributed by atoms with Crippen LogP contribution in [0, 0.1) is 0 Å². The Morgan fingerprint density at radius 2 is 2.27 bits per heavy atom. The van der Waals surface area contributed by atoms with Crippen LogP contribution in [0.15, 0.2) is 16.7 Å². The fraction of sp³-hybridized carbons (Fsp3) is 0.500. The Morgan fingerprint density at radius 1 is 1.46 bits per heavy atom. The van der Waals surface area contributed by atoms with Crippen molar-refractivity contribution >= 4 is 29.7 Å². The molecule has 1 aromatic heterocycles. The summed E-state index contributed by atoms with van der Waals surface area (Å²) in [6, 6.07) is 0. The van der Waals surface area contributed by atoms with Crippen molar-refractivity contribution in [2.24, 2.45) is 0 Å². The van der Waals surface area contributed by atoms with Gasteiger partial charge >= 0.3 is 5.97 Å². The molecule has 0 radical (unpaired) electrons. The standard InChI is InChI=1S/C18H19N3O4S/c1-25-5-4-20-15-10-3-2-9(6-10)14(15)12(19-20)7-11-16(22)21-13(18(23)24)8-26-17(11)21/h7-10,17H,2-6H2,1H3,(H,23,24)/b11-7-/t9?,10?,17-/m1/s1. The molecule has 4 aliphatic rings. The number of fused-ring (bicyclic) bond motifs is 6. The number of carboxylic acids is 1. The molecule has 2 aliphatic heterocycles. The minimum absolute atomic E-state index is 0.0667. The van der Waals surface area contributed by atoms with Gasteiger partial charge in [-0.05, 0) is 31.3 Å². The molecule has 3 heterocycles. The molecule has 5 rings (SSSR count). The van der Waals surface area contributed by atoms with Gasteiger partial charge in [0.05, 0.1) is 24.4 Å². The van der Waals surface area contributed by atoms with E-state index in [1.807, 2.05) is 6.08 Å². The first-order chi connectivity index (χ1) is 12.6. The van der Waals surface area contributed by atoms with Crippen LogP contribution in [-0.4, -0.2) is 50.8 Å². The molecular formula is C18H19N3O4S. The number of thioether (sulfide) groups is 1. The monoisotopic (exact) mass is 373 g/mol. The predicted octanol–water partition coefficient (Wildman–Crippen LogP) is 2.12. The van der Waals surface area contributed by atoms with Gasteiger partial charge in [-0.1, -0.05) is 0 Å². The second kappa shape index (κ2) is 5.72. The molecule has 1 N–H and O–H groups in total. The SMILES string of the molecule is COCCn1nc(/C=C2/C(=O)N3C(C(=O)O)=CS[C@H]23)c2c1C1CCC2C1. The van der Waals surface area contributed by atoms with Gasteiger partial charge in [0, 0.05) is 29.7 Å². The second-order valence-corrected chi connectivity index (χ2v) is 8.13. The Balaban J connectivity index is 1.49. The number of carboxylic acid groups (broad SMARTS) is 1. The first-order valence-corrected chi connectivity index (χ1v) is 9.78. The number of aliphatic carboxylic acids is 1. The minimum atomic E-state index is -1.06. The third-order valence-electron chi connectivity index (χ3n) is 5.84. The van der Waals surface area contributed by atoms with Gasteiger partial charge in [-0.15, -0.1) is 11.8 Å². The summed E-state index contributed by atoms with van der Waals surface area (Å²) in [6.45, 7) is 1.33. The van der Waals surface area contributed by atoms with Gasteiger partial charge in [0.15, 0.2) is 0 Å². The molecular weight excluding hydrogens is 354 g/mol. The molecule has 0 aromatic carbocycles. The van der Waals surface area contributed by atoms with Crippen LogP contribution in [-0.2, 0) is 20.9 Å². The van der Waals surface area contributed by atoms with E-state index in [2.05, 4.69) is 4.68 Å². The quantitative estimate of drug-likeness (QED) is 0.629. The van der Waals surface area contributed by atoms with E-state index >= 15 is 0 Å². The van der Waals surface area contributed by atoms with Gasteiger partial charge in [0.25, 0.3) is 5.91 Å². The highest BCUT2D eigenvalue weighted by atomic mass is 32.2. The van der Waals surface area contributed by atoms with Crippen LogP contribution in [0.1, 0.15) is 48.0 Å². The lowest BCUT2D eigenvalue weighted by atomic mass is 9.93. The van der Waals surface area contributed by atoms with E-state index < -0.39 is 5.97 Å². The Labute approximate surface area is 154 Å². The highest BCUT2D eigenvalue weighted by Gasteiger charge is 2.50. The zero-order valence-corrected chi connectivity index (χ0v) is 15.2. The lowest BCUT2D eigenvalue weighted by molar-refractivity contribution is -0.141. The van der Waals surface area contributed by atoms with Crippen LogP contribution in [0.2, 0.25) is 0 Å². The summed E-state index contributed by atoms with van der Waals surface area (Å²) >= 11 is 1.37. The van der Waals surface area contributed by atoms with E-state index in [-0.39, 0.29) is 17.0 Å².